The smallest absolute Gasteiger partial charge is 0.130 e. The second kappa shape index (κ2) is 6.05. The summed E-state index contributed by atoms with van der Waals surface area (Å²) < 4.78 is 22.7. The van der Waals surface area contributed by atoms with Crippen molar-refractivity contribution in [3.8, 4) is 0 Å². The van der Waals surface area contributed by atoms with Gasteiger partial charge in [-0.3, -0.25) is 0 Å². The highest BCUT2D eigenvalue weighted by molar-refractivity contribution is 8.11. The van der Waals surface area contributed by atoms with Crippen LogP contribution >= 0.6 is 49.7 Å². The fraction of sp³-hybridized carbons (Fsp3) is 0.600. The third-order valence-electron chi connectivity index (χ3n) is 0.651. The summed E-state index contributed by atoms with van der Waals surface area (Å²) in [6.45, 7) is -0.785. The molecule has 0 aromatic heterocycles. The Morgan fingerprint density at radius 1 is 1.64 bits per heavy atom. The quantitative estimate of drug-likeness (QED) is 0.428. The van der Waals surface area contributed by atoms with Gasteiger partial charge in [0.15, 0.2) is 0 Å². The monoisotopic (exact) mass is 229 g/mol. The van der Waals surface area contributed by atoms with Crippen LogP contribution in [0, 0.1) is 0 Å². The van der Waals surface area contributed by atoms with E-state index in [1.54, 1.807) is 0 Å². The van der Waals surface area contributed by atoms with E-state index in [0.717, 1.165) is 0 Å². The topological polar surface area (TPSA) is 24.1 Å². The van der Waals surface area contributed by atoms with E-state index in [1.807, 2.05) is 0 Å². The molecule has 0 heterocycles. The van der Waals surface area contributed by atoms with Gasteiger partial charge in [-0.25, -0.2) is 0 Å². The summed E-state index contributed by atoms with van der Waals surface area (Å²) >= 11 is 16.7. The first-order valence-electron chi connectivity index (χ1n) is 4.11. The fourth-order valence-electron chi connectivity index (χ4n) is 0.339. The van der Waals surface area contributed by atoms with Crippen LogP contribution in [0.5, 0.6) is 0 Å². The highest BCUT2D eigenvalue weighted by Crippen LogP contribution is 1.85. The fourth-order valence-corrected chi connectivity index (χ4v) is 0.767. The number of hydrogen-bond donors (Lipinski definition) is 4. The largest absolute Gasteiger partial charge is 0.369 e. The molecule has 0 amide bonds. The minimum atomic E-state index is -2.10. The van der Waals surface area contributed by atoms with Crippen molar-refractivity contribution in [1.29, 1.82) is 0 Å². The van der Waals surface area contributed by atoms with Gasteiger partial charge in [0.2, 0.25) is 0 Å². The molecule has 0 saturated carbocycles. The molecule has 2 nitrogen and oxygen atoms in total. The van der Waals surface area contributed by atoms with Crippen LogP contribution in [0.2, 0.25) is 0 Å². The van der Waals surface area contributed by atoms with Crippen molar-refractivity contribution in [1.82, 2.24) is 10.6 Å². The molecule has 64 valence electrons. The van der Waals surface area contributed by atoms with Gasteiger partial charge in [-0.15, -0.1) is 25.3 Å². The number of thiol groups is 2. The Balaban J connectivity index is 4.67. The van der Waals surface area contributed by atoms with Crippen LogP contribution in [-0.2, 0) is 0 Å². The van der Waals surface area contributed by atoms with Crippen molar-refractivity contribution in [3.63, 3.8) is 0 Å². The Kier molecular flexibility index (Phi) is 3.81. The van der Waals surface area contributed by atoms with Gasteiger partial charge in [0.05, 0.1) is 4.11 Å². The Labute approximate surface area is 92.5 Å². The van der Waals surface area contributed by atoms with Gasteiger partial charge >= 0.3 is 0 Å². The van der Waals surface area contributed by atoms with Crippen molar-refractivity contribution in [3.05, 3.63) is 0 Å². The van der Waals surface area contributed by atoms with Crippen molar-refractivity contribution < 1.29 is 4.11 Å². The Hall–Kier alpha value is 0.480. The SMILES string of the molecule is [2H]C([2H])(NC(=S)S)C([2H])(C)NC(=S)S. The van der Waals surface area contributed by atoms with Crippen molar-refractivity contribution >= 4 is 58.3 Å². The Bertz CT molecular complexity index is 229. The van der Waals surface area contributed by atoms with Crippen LogP contribution in [0.25, 0.3) is 0 Å². The molecule has 0 saturated heterocycles. The molecule has 0 bridgehead atoms. The molecule has 0 aliphatic carbocycles. The maximum atomic E-state index is 7.67. The minimum absolute atomic E-state index is 0.0274. The van der Waals surface area contributed by atoms with Crippen LogP contribution in [0.4, 0.5) is 0 Å². The van der Waals surface area contributed by atoms with Gasteiger partial charge in [-0.2, -0.15) is 0 Å². The summed E-state index contributed by atoms with van der Waals surface area (Å²) in [6, 6.07) is -1.68. The molecule has 0 aliphatic heterocycles. The lowest BCUT2D eigenvalue weighted by atomic mass is 10.3. The summed E-state index contributed by atoms with van der Waals surface area (Å²) in [5.41, 5.74) is 0. The van der Waals surface area contributed by atoms with E-state index in [-0.39, 0.29) is 8.64 Å². The summed E-state index contributed by atoms with van der Waals surface area (Å²) in [5, 5.41) is 4.65. The van der Waals surface area contributed by atoms with E-state index in [1.165, 1.54) is 6.92 Å². The van der Waals surface area contributed by atoms with Crippen LogP contribution in [0.1, 0.15) is 11.0 Å². The summed E-state index contributed by atoms with van der Waals surface area (Å²) in [6.07, 6.45) is 0. The van der Waals surface area contributed by atoms with E-state index in [0.29, 0.717) is 0 Å². The standard InChI is InChI=1S/C5H10N2S4/c1-3(7-5(10)11)2-6-4(8)9/h3H,2H2,1H3,(H2,6,8,9)(H2,7,10,11)/i2D2,3D. The van der Waals surface area contributed by atoms with E-state index in [2.05, 4.69) is 60.3 Å². The first-order valence-corrected chi connectivity index (χ1v) is 4.32. The van der Waals surface area contributed by atoms with Gasteiger partial charge in [0.25, 0.3) is 0 Å². The first kappa shape index (κ1) is 6.94. The summed E-state index contributed by atoms with van der Waals surface area (Å²) in [4.78, 5) is 0. The second-order valence-electron chi connectivity index (χ2n) is 1.61. The van der Waals surface area contributed by atoms with Gasteiger partial charge < -0.3 is 10.6 Å². The van der Waals surface area contributed by atoms with E-state index in [9.17, 15) is 0 Å². The van der Waals surface area contributed by atoms with Gasteiger partial charge in [-0.1, -0.05) is 24.4 Å². The van der Waals surface area contributed by atoms with Gasteiger partial charge in [-0.05, 0) is 6.92 Å². The maximum Gasteiger partial charge on any atom is 0.130 e. The van der Waals surface area contributed by atoms with E-state index < -0.39 is 12.5 Å². The predicted octanol–water partition coefficient (Wildman–Crippen LogP) is 0.983. The molecular weight excluding hydrogens is 216 g/mol. The summed E-state index contributed by atoms with van der Waals surface area (Å²) in [7, 11) is 0. The molecule has 6 heteroatoms. The zero-order chi connectivity index (χ0) is 11.6. The molecule has 0 spiro atoms. The molecule has 0 aromatic carbocycles. The lowest BCUT2D eigenvalue weighted by Gasteiger charge is -2.13. The zero-order valence-electron chi connectivity index (χ0n) is 8.71. The average molecular weight is 229 g/mol. The molecule has 2 N–H and O–H groups in total. The third kappa shape index (κ3) is 8.39. The van der Waals surface area contributed by atoms with Crippen LogP contribution in [0.15, 0.2) is 0 Å². The van der Waals surface area contributed by atoms with E-state index >= 15 is 0 Å². The molecule has 1 atom stereocenters. The highest BCUT2D eigenvalue weighted by Gasteiger charge is 2.00. The molecule has 0 fully saturated rings. The molecule has 0 radical (unpaired) electrons. The number of nitrogens with one attached hydrogen (secondary N) is 2. The zero-order valence-corrected chi connectivity index (χ0v) is 9.13. The van der Waals surface area contributed by atoms with Crippen molar-refractivity contribution in [2.75, 3.05) is 6.50 Å². The van der Waals surface area contributed by atoms with Crippen LogP contribution in [-0.4, -0.2) is 21.2 Å². The van der Waals surface area contributed by atoms with Crippen LogP contribution in [0.3, 0.4) is 0 Å². The van der Waals surface area contributed by atoms with Crippen molar-refractivity contribution in [2.45, 2.75) is 12.9 Å². The third-order valence-corrected chi connectivity index (χ3v) is 1.08. The number of hydrogen-bond acceptors (Lipinski definition) is 2. The molecule has 0 rings (SSSR count). The molecular formula is C5H10N2S4. The second-order valence-corrected chi connectivity index (χ2v) is 3.93. The van der Waals surface area contributed by atoms with Crippen LogP contribution < -0.4 is 10.6 Å². The lowest BCUT2D eigenvalue weighted by Crippen LogP contribution is -2.38. The lowest BCUT2D eigenvalue weighted by molar-refractivity contribution is 0.653. The molecule has 0 aliphatic rings. The average Bonchev–Trinajstić information content (AvgIpc) is 1.78. The van der Waals surface area contributed by atoms with Gasteiger partial charge in [0, 0.05) is 12.5 Å². The minimum Gasteiger partial charge on any atom is -0.369 e. The number of thiocarbonyl (C=S) groups is 2. The molecule has 1 unspecified atom stereocenters. The van der Waals surface area contributed by atoms with E-state index in [4.69, 9.17) is 4.11 Å². The molecule has 11 heavy (non-hydrogen) atoms. The predicted molar refractivity (Wildman–Crippen MR) is 63.8 cm³/mol. The van der Waals surface area contributed by atoms with Gasteiger partial charge in [0.1, 0.15) is 8.64 Å². The molecule has 0 aromatic rings. The Morgan fingerprint density at radius 3 is 2.55 bits per heavy atom. The Morgan fingerprint density at radius 2 is 2.18 bits per heavy atom. The number of rotatable bonds is 3. The summed E-state index contributed by atoms with van der Waals surface area (Å²) in [5.74, 6) is 0. The van der Waals surface area contributed by atoms with Crippen molar-refractivity contribution in [2.24, 2.45) is 0 Å². The normalized spacial score (nSPS) is 20.1. The highest BCUT2D eigenvalue weighted by atomic mass is 32.1. The first-order chi connectivity index (χ1) is 6.08. The maximum absolute atomic E-state index is 7.67.